The molecule has 0 bridgehead atoms. The summed E-state index contributed by atoms with van der Waals surface area (Å²) in [5.41, 5.74) is 1.28. The summed E-state index contributed by atoms with van der Waals surface area (Å²) in [6, 6.07) is 8.27. The number of aryl methyl sites for hydroxylation is 1. The van der Waals surface area contributed by atoms with Crippen molar-refractivity contribution < 1.29 is 4.74 Å². The molecule has 2 aromatic rings. The van der Waals surface area contributed by atoms with Crippen molar-refractivity contribution in [3.05, 3.63) is 48.0 Å². The van der Waals surface area contributed by atoms with Gasteiger partial charge in [0.15, 0.2) is 0 Å². The largest absolute Gasteiger partial charge is 0.491 e. The smallest absolute Gasteiger partial charge is 0.119 e. The molecule has 0 amide bonds. The van der Waals surface area contributed by atoms with Crippen LogP contribution in [-0.2, 0) is 13.0 Å². The van der Waals surface area contributed by atoms with Gasteiger partial charge < -0.3 is 15.0 Å². The van der Waals surface area contributed by atoms with Gasteiger partial charge in [0.05, 0.1) is 6.10 Å². The highest BCUT2D eigenvalue weighted by Crippen LogP contribution is 2.13. The zero-order valence-electron chi connectivity index (χ0n) is 12.2. The minimum atomic E-state index is 0.223. The van der Waals surface area contributed by atoms with E-state index < -0.39 is 0 Å². The van der Waals surface area contributed by atoms with Crippen LogP contribution in [-0.4, -0.2) is 22.6 Å². The van der Waals surface area contributed by atoms with E-state index in [4.69, 9.17) is 4.74 Å². The van der Waals surface area contributed by atoms with Crippen molar-refractivity contribution in [2.45, 2.75) is 39.3 Å². The summed E-state index contributed by atoms with van der Waals surface area (Å²) in [4.78, 5) is 7.32. The number of nitrogens with one attached hydrogen (secondary N) is 2. The highest BCUT2D eigenvalue weighted by molar-refractivity contribution is 5.27. The number of benzene rings is 1. The van der Waals surface area contributed by atoms with Gasteiger partial charge in [0.1, 0.15) is 11.6 Å². The van der Waals surface area contributed by atoms with Crippen LogP contribution >= 0.6 is 0 Å². The second-order valence-corrected chi connectivity index (χ2v) is 5.13. The van der Waals surface area contributed by atoms with E-state index in [9.17, 15) is 0 Å². The van der Waals surface area contributed by atoms with E-state index in [2.05, 4.69) is 27.4 Å². The molecule has 2 rings (SSSR count). The minimum absolute atomic E-state index is 0.223. The van der Waals surface area contributed by atoms with Crippen molar-refractivity contribution >= 4 is 0 Å². The molecule has 0 spiro atoms. The lowest BCUT2D eigenvalue weighted by Crippen LogP contribution is -2.15. The summed E-state index contributed by atoms with van der Waals surface area (Å²) >= 11 is 0. The van der Waals surface area contributed by atoms with Crippen molar-refractivity contribution in [2.75, 3.05) is 6.54 Å². The molecular formula is C16H23N3O. The third kappa shape index (κ3) is 5.05. The molecule has 108 valence electrons. The molecule has 4 nitrogen and oxygen atoms in total. The van der Waals surface area contributed by atoms with Gasteiger partial charge in [-0.05, 0) is 44.5 Å². The molecule has 1 aromatic heterocycles. The topological polar surface area (TPSA) is 49.9 Å². The summed E-state index contributed by atoms with van der Waals surface area (Å²) in [6.45, 7) is 5.95. The highest BCUT2D eigenvalue weighted by atomic mass is 16.5. The maximum atomic E-state index is 5.62. The predicted octanol–water partition coefficient (Wildman–Crippen LogP) is 2.92. The average molecular weight is 273 g/mol. The summed E-state index contributed by atoms with van der Waals surface area (Å²) in [7, 11) is 0. The summed E-state index contributed by atoms with van der Waals surface area (Å²) in [5.74, 6) is 1.99. The van der Waals surface area contributed by atoms with Crippen LogP contribution in [0.2, 0.25) is 0 Å². The van der Waals surface area contributed by atoms with Crippen molar-refractivity contribution in [1.29, 1.82) is 0 Å². The fourth-order valence-corrected chi connectivity index (χ4v) is 2.01. The zero-order valence-corrected chi connectivity index (χ0v) is 12.2. The fourth-order valence-electron chi connectivity index (χ4n) is 2.01. The predicted molar refractivity (Wildman–Crippen MR) is 80.8 cm³/mol. The number of hydrogen-bond acceptors (Lipinski definition) is 3. The van der Waals surface area contributed by atoms with Crippen LogP contribution in [0.1, 0.15) is 31.7 Å². The Morgan fingerprint density at radius 3 is 2.70 bits per heavy atom. The van der Waals surface area contributed by atoms with Crippen LogP contribution < -0.4 is 10.1 Å². The van der Waals surface area contributed by atoms with E-state index in [1.165, 1.54) is 5.56 Å². The van der Waals surface area contributed by atoms with Crippen LogP contribution in [0, 0.1) is 0 Å². The molecule has 20 heavy (non-hydrogen) atoms. The Bertz CT molecular complexity index is 477. The molecule has 0 unspecified atom stereocenters. The molecule has 1 aromatic carbocycles. The number of ether oxygens (including phenoxy) is 1. The molecule has 0 fully saturated rings. The lowest BCUT2D eigenvalue weighted by molar-refractivity contribution is 0.242. The molecule has 2 N–H and O–H groups in total. The number of rotatable bonds is 8. The van der Waals surface area contributed by atoms with Crippen molar-refractivity contribution in [3.63, 3.8) is 0 Å². The zero-order chi connectivity index (χ0) is 14.2. The quantitative estimate of drug-likeness (QED) is 0.727. The first-order chi connectivity index (χ1) is 9.74. The normalized spacial score (nSPS) is 10.9. The van der Waals surface area contributed by atoms with Gasteiger partial charge in [-0.25, -0.2) is 4.98 Å². The van der Waals surface area contributed by atoms with Gasteiger partial charge in [-0.1, -0.05) is 12.1 Å². The maximum absolute atomic E-state index is 5.62. The van der Waals surface area contributed by atoms with Gasteiger partial charge in [0.25, 0.3) is 0 Å². The standard InChI is InChI=1S/C16H23N3O/c1-13(2)20-15-7-5-14(6-8-15)12-17-9-3-4-16-18-10-11-19-16/h5-8,10-11,13,17H,3-4,9,12H2,1-2H3,(H,18,19). The molecule has 0 saturated carbocycles. The van der Waals surface area contributed by atoms with Gasteiger partial charge in [-0.15, -0.1) is 0 Å². The van der Waals surface area contributed by atoms with Crippen molar-refractivity contribution in [1.82, 2.24) is 15.3 Å². The fraction of sp³-hybridized carbons (Fsp3) is 0.438. The second kappa shape index (κ2) is 7.70. The van der Waals surface area contributed by atoms with Crippen LogP contribution in [0.25, 0.3) is 0 Å². The molecule has 0 saturated heterocycles. The SMILES string of the molecule is CC(C)Oc1ccc(CNCCCc2ncc[nH]2)cc1. The second-order valence-electron chi connectivity index (χ2n) is 5.13. The van der Waals surface area contributed by atoms with E-state index in [0.29, 0.717) is 0 Å². The van der Waals surface area contributed by atoms with E-state index in [1.807, 2.05) is 32.2 Å². The average Bonchev–Trinajstić information content (AvgIpc) is 2.93. The third-order valence-corrected chi connectivity index (χ3v) is 2.95. The highest BCUT2D eigenvalue weighted by Gasteiger charge is 1.98. The number of hydrogen-bond donors (Lipinski definition) is 2. The van der Waals surface area contributed by atoms with Gasteiger partial charge in [-0.2, -0.15) is 0 Å². The van der Waals surface area contributed by atoms with E-state index in [1.54, 1.807) is 6.20 Å². The van der Waals surface area contributed by atoms with Crippen molar-refractivity contribution in [2.24, 2.45) is 0 Å². The van der Waals surface area contributed by atoms with E-state index in [-0.39, 0.29) is 6.10 Å². The van der Waals surface area contributed by atoms with Gasteiger partial charge in [0.2, 0.25) is 0 Å². The first-order valence-electron chi connectivity index (χ1n) is 7.18. The number of nitrogens with zero attached hydrogens (tertiary/aromatic N) is 1. The number of imidazole rings is 1. The molecule has 4 heteroatoms. The van der Waals surface area contributed by atoms with E-state index in [0.717, 1.165) is 37.5 Å². The van der Waals surface area contributed by atoms with Crippen molar-refractivity contribution in [3.8, 4) is 5.75 Å². The molecule has 0 atom stereocenters. The molecule has 0 aliphatic rings. The molecule has 0 aliphatic carbocycles. The van der Waals surface area contributed by atoms with E-state index >= 15 is 0 Å². The van der Waals surface area contributed by atoms with Gasteiger partial charge in [-0.3, -0.25) is 0 Å². The van der Waals surface area contributed by atoms with Crippen LogP contribution in [0.4, 0.5) is 0 Å². The summed E-state index contributed by atoms with van der Waals surface area (Å²) in [5, 5.41) is 3.44. The Labute approximate surface area is 120 Å². The number of aromatic amines is 1. The van der Waals surface area contributed by atoms with Crippen LogP contribution in [0.3, 0.4) is 0 Å². The molecule has 0 aliphatic heterocycles. The first-order valence-corrected chi connectivity index (χ1v) is 7.18. The molecule has 1 heterocycles. The Morgan fingerprint density at radius 2 is 2.05 bits per heavy atom. The molecular weight excluding hydrogens is 250 g/mol. The number of H-pyrrole nitrogens is 1. The lowest BCUT2D eigenvalue weighted by atomic mass is 10.2. The van der Waals surface area contributed by atoms with Gasteiger partial charge >= 0.3 is 0 Å². The number of aromatic nitrogens is 2. The Kier molecular flexibility index (Phi) is 5.62. The molecule has 0 radical (unpaired) electrons. The summed E-state index contributed by atoms with van der Waals surface area (Å²) in [6.07, 6.45) is 5.96. The summed E-state index contributed by atoms with van der Waals surface area (Å²) < 4.78 is 5.62. The Balaban J connectivity index is 1.64. The Hall–Kier alpha value is -1.81. The van der Waals surface area contributed by atoms with Crippen LogP contribution in [0.5, 0.6) is 5.75 Å². The van der Waals surface area contributed by atoms with Gasteiger partial charge in [0, 0.05) is 25.4 Å². The maximum Gasteiger partial charge on any atom is 0.119 e. The minimum Gasteiger partial charge on any atom is -0.491 e. The van der Waals surface area contributed by atoms with Crippen LogP contribution in [0.15, 0.2) is 36.7 Å². The Morgan fingerprint density at radius 1 is 1.25 bits per heavy atom. The monoisotopic (exact) mass is 273 g/mol. The first kappa shape index (κ1) is 14.6. The third-order valence-electron chi connectivity index (χ3n) is 2.95. The lowest BCUT2D eigenvalue weighted by Gasteiger charge is -2.10.